The van der Waals surface area contributed by atoms with Gasteiger partial charge in [-0.1, -0.05) is 18.9 Å². The van der Waals surface area contributed by atoms with Crippen LogP contribution in [-0.4, -0.2) is 45.3 Å². The lowest BCUT2D eigenvalue weighted by Crippen LogP contribution is -2.42. The standard InChI is InChI=1S/C20H32N4O/c1-3-21-20(23-17-7-4-5-8-17)22-14-16-11-12-24(15-16)18-9-6-10-19(13-18)25-2/h6,9-10,13,16-17H,3-5,7-8,11-12,14-15H2,1-2H3,(H2,21,22,23). The number of benzene rings is 1. The Morgan fingerprint density at radius 2 is 2.12 bits per heavy atom. The van der Waals surface area contributed by atoms with Crippen molar-refractivity contribution in [1.29, 1.82) is 0 Å². The summed E-state index contributed by atoms with van der Waals surface area (Å²) in [7, 11) is 1.72. The molecule has 2 aliphatic rings. The Bertz CT molecular complexity index is 569. The minimum atomic E-state index is 0.606. The van der Waals surface area contributed by atoms with Crippen LogP contribution in [-0.2, 0) is 0 Å². The molecule has 1 heterocycles. The highest BCUT2D eigenvalue weighted by atomic mass is 16.5. The van der Waals surface area contributed by atoms with Gasteiger partial charge in [-0.05, 0) is 44.2 Å². The van der Waals surface area contributed by atoms with E-state index in [4.69, 9.17) is 9.73 Å². The molecule has 1 atom stereocenters. The van der Waals surface area contributed by atoms with Crippen LogP contribution in [0.25, 0.3) is 0 Å². The van der Waals surface area contributed by atoms with Gasteiger partial charge in [-0.25, -0.2) is 0 Å². The van der Waals surface area contributed by atoms with Crippen molar-refractivity contribution in [3.63, 3.8) is 0 Å². The van der Waals surface area contributed by atoms with Crippen molar-refractivity contribution in [2.75, 3.05) is 38.2 Å². The van der Waals surface area contributed by atoms with Crippen LogP contribution in [0.15, 0.2) is 29.3 Å². The van der Waals surface area contributed by atoms with Crippen molar-refractivity contribution < 1.29 is 4.74 Å². The molecule has 0 amide bonds. The number of nitrogens with one attached hydrogen (secondary N) is 2. The molecule has 1 aromatic rings. The number of rotatable bonds is 6. The molecule has 1 aliphatic heterocycles. The maximum Gasteiger partial charge on any atom is 0.191 e. The lowest BCUT2D eigenvalue weighted by Gasteiger charge is -2.19. The average molecular weight is 345 g/mol. The highest BCUT2D eigenvalue weighted by Gasteiger charge is 2.23. The summed E-state index contributed by atoms with van der Waals surface area (Å²) >= 11 is 0. The molecule has 1 aliphatic carbocycles. The van der Waals surface area contributed by atoms with Crippen molar-refractivity contribution in [2.45, 2.75) is 45.1 Å². The van der Waals surface area contributed by atoms with Crippen LogP contribution < -0.4 is 20.3 Å². The van der Waals surface area contributed by atoms with E-state index in [9.17, 15) is 0 Å². The molecule has 0 radical (unpaired) electrons. The van der Waals surface area contributed by atoms with Crippen LogP contribution >= 0.6 is 0 Å². The summed E-state index contributed by atoms with van der Waals surface area (Å²) in [5.41, 5.74) is 1.25. The number of ether oxygens (including phenoxy) is 1. The second kappa shape index (κ2) is 8.97. The second-order valence-electron chi connectivity index (χ2n) is 7.15. The first kappa shape index (κ1) is 17.9. The quantitative estimate of drug-likeness (QED) is 0.615. The Hall–Kier alpha value is -1.91. The van der Waals surface area contributed by atoms with Crippen molar-refractivity contribution in [3.8, 4) is 5.75 Å². The molecule has 25 heavy (non-hydrogen) atoms. The molecule has 3 rings (SSSR count). The maximum atomic E-state index is 5.35. The summed E-state index contributed by atoms with van der Waals surface area (Å²) in [5, 5.41) is 7.01. The van der Waals surface area contributed by atoms with E-state index in [1.54, 1.807) is 7.11 Å². The smallest absolute Gasteiger partial charge is 0.191 e. The van der Waals surface area contributed by atoms with Gasteiger partial charge in [-0.2, -0.15) is 0 Å². The summed E-state index contributed by atoms with van der Waals surface area (Å²) < 4.78 is 5.35. The van der Waals surface area contributed by atoms with Gasteiger partial charge in [-0.15, -0.1) is 0 Å². The van der Waals surface area contributed by atoms with Crippen molar-refractivity contribution >= 4 is 11.6 Å². The molecule has 1 saturated carbocycles. The van der Waals surface area contributed by atoms with Gasteiger partial charge >= 0.3 is 0 Å². The Labute approximate surface area is 151 Å². The summed E-state index contributed by atoms with van der Waals surface area (Å²) in [6.45, 7) is 6.10. The largest absolute Gasteiger partial charge is 0.497 e. The van der Waals surface area contributed by atoms with Crippen LogP contribution in [0.5, 0.6) is 5.75 Å². The first-order valence-corrected chi connectivity index (χ1v) is 9.72. The highest BCUT2D eigenvalue weighted by molar-refractivity contribution is 5.80. The van der Waals surface area contributed by atoms with Crippen LogP contribution in [0.1, 0.15) is 39.0 Å². The zero-order valence-electron chi connectivity index (χ0n) is 15.6. The van der Waals surface area contributed by atoms with Crippen LogP contribution in [0, 0.1) is 5.92 Å². The van der Waals surface area contributed by atoms with Gasteiger partial charge in [0.2, 0.25) is 0 Å². The Kier molecular flexibility index (Phi) is 6.42. The number of nitrogens with zero attached hydrogens (tertiary/aromatic N) is 2. The zero-order valence-corrected chi connectivity index (χ0v) is 15.6. The predicted octanol–water partition coefficient (Wildman–Crippen LogP) is 3.02. The minimum absolute atomic E-state index is 0.606. The van der Waals surface area contributed by atoms with Gasteiger partial charge in [0.1, 0.15) is 5.75 Å². The summed E-state index contributed by atoms with van der Waals surface area (Å²) in [6, 6.07) is 8.96. The third kappa shape index (κ3) is 5.03. The van der Waals surface area contributed by atoms with Gasteiger partial charge in [0, 0.05) is 44.0 Å². The van der Waals surface area contributed by atoms with Gasteiger partial charge in [-0.3, -0.25) is 4.99 Å². The van der Waals surface area contributed by atoms with Gasteiger partial charge in [0.25, 0.3) is 0 Å². The molecule has 138 valence electrons. The lowest BCUT2D eigenvalue weighted by atomic mass is 10.1. The van der Waals surface area contributed by atoms with Crippen LogP contribution in [0.4, 0.5) is 5.69 Å². The molecule has 0 bridgehead atoms. The first-order chi connectivity index (χ1) is 12.3. The number of aliphatic imine (C=N–C) groups is 1. The molecule has 5 heteroatoms. The maximum absolute atomic E-state index is 5.35. The number of hydrogen-bond acceptors (Lipinski definition) is 3. The van der Waals surface area contributed by atoms with Crippen LogP contribution in [0.3, 0.4) is 0 Å². The molecule has 5 nitrogen and oxygen atoms in total. The average Bonchev–Trinajstić information content (AvgIpc) is 3.32. The summed E-state index contributed by atoms with van der Waals surface area (Å²) in [6.07, 6.45) is 6.43. The van der Waals surface area contributed by atoms with E-state index in [0.717, 1.165) is 37.9 Å². The van der Waals surface area contributed by atoms with E-state index in [-0.39, 0.29) is 0 Å². The second-order valence-corrected chi connectivity index (χ2v) is 7.15. The first-order valence-electron chi connectivity index (χ1n) is 9.72. The number of methoxy groups -OCH3 is 1. The van der Waals surface area contributed by atoms with Crippen molar-refractivity contribution in [2.24, 2.45) is 10.9 Å². The van der Waals surface area contributed by atoms with E-state index >= 15 is 0 Å². The van der Waals surface area contributed by atoms with Crippen LogP contribution in [0.2, 0.25) is 0 Å². The van der Waals surface area contributed by atoms with E-state index < -0.39 is 0 Å². The fraction of sp³-hybridized carbons (Fsp3) is 0.650. The normalized spacial score (nSPS) is 21.6. The fourth-order valence-electron chi connectivity index (χ4n) is 3.83. The Balaban J connectivity index is 1.53. The van der Waals surface area contributed by atoms with Gasteiger partial charge in [0.05, 0.1) is 7.11 Å². The number of hydrogen-bond donors (Lipinski definition) is 2. The summed E-state index contributed by atoms with van der Waals surface area (Å²) in [5.74, 6) is 2.54. The molecule has 0 spiro atoms. The zero-order chi connectivity index (χ0) is 17.5. The molecule has 2 N–H and O–H groups in total. The molecular weight excluding hydrogens is 312 g/mol. The molecule has 1 aromatic carbocycles. The number of anilines is 1. The third-order valence-corrected chi connectivity index (χ3v) is 5.25. The monoisotopic (exact) mass is 344 g/mol. The minimum Gasteiger partial charge on any atom is -0.497 e. The SMILES string of the molecule is CCNC(=NCC1CCN(c2cccc(OC)c2)C1)NC1CCCC1. The fourth-order valence-corrected chi connectivity index (χ4v) is 3.83. The van der Waals surface area contributed by atoms with E-state index in [0.29, 0.717) is 12.0 Å². The van der Waals surface area contributed by atoms with E-state index in [2.05, 4.69) is 40.7 Å². The Morgan fingerprint density at radius 1 is 1.28 bits per heavy atom. The molecule has 1 saturated heterocycles. The molecule has 2 fully saturated rings. The summed E-state index contributed by atoms with van der Waals surface area (Å²) in [4.78, 5) is 7.31. The Morgan fingerprint density at radius 3 is 2.88 bits per heavy atom. The van der Waals surface area contributed by atoms with Crippen molar-refractivity contribution in [3.05, 3.63) is 24.3 Å². The molecule has 0 aromatic heterocycles. The van der Waals surface area contributed by atoms with E-state index in [1.807, 2.05) is 6.07 Å². The lowest BCUT2D eigenvalue weighted by molar-refractivity contribution is 0.415. The highest BCUT2D eigenvalue weighted by Crippen LogP contribution is 2.27. The van der Waals surface area contributed by atoms with Crippen molar-refractivity contribution in [1.82, 2.24) is 10.6 Å². The predicted molar refractivity (Wildman–Crippen MR) is 105 cm³/mol. The number of guanidine groups is 1. The molecule has 1 unspecified atom stereocenters. The third-order valence-electron chi connectivity index (χ3n) is 5.25. The topological polar surface area (TPSA) is 48.9 Å². The van der Waals surface area contributed by atoms with Gasteiger partial charge in [0.15, 0.2) is 5.96 Å². The van der Waals surface area contributed by atoms with Gasteiger partial charge < -0.3 is 20.3 Å². The molecular formula is C20H32N4O. The van der Waals surface area contributed by atoms with E-state index in [1.165, 1.54) is 37.8 Å².